The quantitative estimate of drug-likeness (QED) is 0.600. The van der Waals surface area contributed by atoms with Gasteiger partial charge in [0.15, 0.2) is 0 Å². The maximum Gasteiger partial charge on any atom is 0.408 e. The van der Waals surface area contributed by atoms with Crippen molar-refractivity contribution in [2.24, 2.45) is 0 Å². The van der Waals surface area contributed by atoms with Crippen molar-refractivity contribution in [2.45, 2.75) is 51.9 Å². The number of esters is 1. The third kappa shape index (κ3) is 5.17. The number of aliphatic carboxylic acids is 1. The summed E-state index contributed by atoms with van der Waals surface area (Å²) in [6, 6.07) is 12.6. The van der Waals surface area contributed by atoms with Crippen molar-refractivity contribution in [3.63, 3.8) is 0 Å². The molecule has 0 spiro atoms. The van der Waals surface area contributed by atoms with Gasteiger partial charge in [0.2, 0.25) is 0 Å². The SMILES string of the molecule is CC(C)(C)OC(=O)[C@H](CC(=O)O)NC(=O)OCc1cccc2c1Cc1ccccc1-2. The number of hydrogen-bond donors (Lipinski definition) is 2. The Bertz CT molecular complexity index is 976. The average molecular weight is 411 g/mol. The highest BCUT2D eigenvalue weighted by Crippen LogP contribution is 2.38. The van der Waals surface area contributed by atoms with Crippen molar-refractivity contribution in [1.29, 1.82) is 0 Å². The number of carboxylic acids is 1. The molecule has 0 saturated heterocycles. The van der Waals surface area contributed by atoms with Gasteiger partial charge < -0.3 is 19.9 Å². The molecule has 7 heteroatoms. The molecule has 7 nitrogen and oxygen atoms in total. The summed E-state index contributed by atoms with van der Waals surface area (Å²) in [4.78, 5) is 35.6. The zero-order valence-corrected chi connectivity index (χ0v) is 17.2. The number of alkyl carbamates (subject to hydrolysis) is 1. The van der Waals surface area contributed by atoms with Gasteiger partial charge >= 0.3 is 18.0 Å². The first-order valence-electron chi connectivity index (χ1n) is 9.71. The van der Waals surface area contributed by atoms with Crippen LogP contribution in [0.3, 0.4) is 0 Å². The van der Waals surface area contributed by atoms with E-state index in [0.717, 1.165) is 23.1 Å². The molecular weight excluding hydrogens is 386 g/mol. The van der Waals surface area contributed by atoms with Gasteiger partial charge in [-0.05, 0) is 55.0 Å². The largest absolute Gasteiger partial charge is 0.481 e. The number of benzene rings is 2. The Morgan fingerprint density at radius 2 is 1.77 bits per heavy atom. The fourth-order valence-electron chi connectivity index (χ4n) is 3.43. The Morgan fingerprint density at radius 3 is 2.47 bits per heavy atom. The van der Waals surface area contributed by atoms with Crippen LogP contribution in [0.1, 0.15) is 43.9 Å². The van der Waals surface area contributed by atoms with Crippen molar-refractivity contribution in [2.75, 3.05) is 0 Å². The first-order valence-corrected chi connectivity index (χ1v) is 9.71. The first kappa shape index (κ1) is 21.4. The highest BCUT2D eigenvalue weighted by molar-refractivity contribution is 5.86. The molecule has 0 aromatic heterocycles. The highest BCUT2D eigenvalue weighted by atomic mass is 16.6. The lowest BCUT2D eigenvalue weighted by atomic mass is 10.0. The van der Waals surface area contributed by atoms with Crippen molar-refractivity contribution >= 4 is 18.0 Å². The number of hydrogen-bond acceptors (Lipinski definition) is 5. The van der Waals surface area contributed by atoms with E-state index in [-0.39, 0.29) is 6.61 Å². The van der Waals surface area contributed by atoms with Crippen molar-refractivity contribution in [3.8, 4) is 11.1 Å². The molecule has 158 valence electrons. The molecule has 0 unspecified atom stereocenters. The van der Waals surface area contributed by atoms with Crippen LogP contribution in [0.5, 0.6) is 0 Å². The Balaban J connectivity index is 1.65. The van der Waals surface area contributed by atoms with E-state index in [1.807, 2.05) is 30.3 Å². The second kappa shape index (κ2) is 8.57. The molecule has 30 heavy (non-hydrogen) atoms. The third-order valence-corrected chi connectivity index (χ3v) is 4.67. The van der Waals surface area contributed by atoms with Crippen LogP contribution in [-0.4, -0.2) is 34.8 Å². The standard InChI is InChI=1S/C23H25NO6/c1-23(2,3)30-21(27)19(12-20(25)26)24-22(28)29-13-15-8-6-10-17-16-9-5-4-7-14(16)11-18(15)17/h4-10,19H,11-13H2,1-3H3,(H,24,28)(H,25,26)/t19-/m0/s1. The van der Waals surface area contributed by atoms with Gasteiger partial charge in [-0.3, -0.25) is 4.79 Å². The van der Waals surface area contributed by atoms with E-state index in [1.165, 1.54) is 11.1 Å². The summed E-state index contributed by atoms with van der Waals surface area (Å²) in [7, 11) is 0. The fraction of sp³-hybridized carbons (Fsp3) is 0.348. The smallest absolute Gasteiger partial charge is 0.408 e. The van der Waals surface area contributed by atoms with E-state index in [1.54, 1.807) is 20.8 Å². The molecule has 2 aromatic carbocycles. The molecule has 0 bridgehead atoms. The van der Waals surface area contributed by atoms with Crippen LogP contribution in [-0.2, 0) is 32.1 Å². The van der Waals surface area contributed by atoms with E-state index < -0.39 is 36.1 Å². The van der Waals surface area contributed by atoms with Crippen LogP contribution in [0.4, 0.5) is 4.79 Å². The maximum atomic E-state index is 12.3. The van der Waals surface area contributed by atoms with Crippen molar-refractivity contribution in [3.05, 3.63) is 59.2 Å². The molecule has 1 atom stereocenters. The maximum absolute atomic E-state index is 12.3. The number of carboxylic acid groups (broad SMARTS) is 1. The zero-order valence-electron chi connectivity index (χ0n) is 17.2. The van der Waals surface area contributed by atoms with Crippen LogP contribution >= 0.6 is 0 Å². The molecule has 0 radical (unpaired) electrons. The summed E-state index contributed by atoms with van der Waals surface area (Å²) >= 11 is 0. The van der Waals surface area contributed by atoms with Gasteiger partial charge in [-0.25, -0.2) is 9.59 Å². The molecule has 2 N–H and O–H groups in total. The number of carbonyl (C=O) groups is 3. The van der Waals surface area contributed by atoms with E-state index in [4.69, 9.17) is 14.6 Å². The lowest BCUT2D eigenvalue weighted by Crippen LogP contribution is -2.45. The fourth-order valence-corrected chi connectivity index (χ4v) is 3.43. The monoisotopic (exact) mass is 411 g/mol. The van der Waals surface area contributed by atoms with Crippen LogP contribution in [0.25, 0.3) is 11.1 Å². The molecule has 0 heterocycles. The van der Waals surface area contributed by atoms with Gasteiger partial charge in [0, 0.05) is 0 Å². The van der Waals surface area contributed by atoms with Crippen LogP contribution < -0.4 is 5.32 Å². The lowest BCUT2D eigenvalue weighted by Gasteiger charge is -2.23. The second-order valence-corrected chi connectivity index (χ2v) is 8.18. The number of fused-ring (bicyclic) bond motifs is 3. The average Bonchev–Trinajstić information content (AvgIpc) is 3.03. The summed E-state index contributed by atoms with van der Waals surface area (Å²) in [5.74, 6) is -2.05. The van der Waals surface area contributed by atoms with E-state index in [9.17, 15) is 14.4 Å². The number of amides is 1. The summed E-state index contributed by atoms with van der Waals surface area (Å²) in [6.45, 7) is 5.00. The number of carbonyl (C=O) groups excluding carboxylic acids is 2. The molecule has 1 amide bonds. The first-order chi connectivity index (χ1) is 14.1. The van der Waals surface area contributed by atoms with E-state index >= 15 is 0 Å². The Morgan fingerprint density at radius 1 is 1.07 bits per heavy atom. The van der Waals surface area contributed by atoms with Gasteiger partial charge in [0.25, 0.3) is 0 Å². The van der Waals surface area contributed by atoms with Gasteiger partial charge in [-0.2, -0.15) is 0 Å². The molecule has 1 aliphatic carbocycles. The predicted octanol–water partition coefficient (Wildman–Crippen LogP) is 3.67. The van der Waals surface area contributed by atoms with Crippen LogP contribution in [0, 0.1) is 0 Å². The molecule has 3 rings (SSSR count). The topological polar surface area (TPSA) is 102 Å². The van der Waals surface area contributed by atoms with Gasteiger partial charge in [0.1, 0.15) is 18.2 Å². The van der Waals surface area contributed by atoms with Crippen molar-refractivity contribution in [1.82, 2.24) is 5.32 Å². The minimum Gasteiger partial charge on any atom is -0.481 e. The summed E-state index contributed by atoms with van der Waals surface area (Å²) in [6.07, 6.45) is -0.716. The summed E-state index contributed by atoms with van der Waals surface area (Å²) in [5, 5.41) is 11.4. The molecule has 0 fully saturated rings. The van der Waals surface area contributed by atoms with E-state index in [0.29, 0.717) is 0 Å². The Labute approximate surface area is 175 Å². The van der Waals surface area contributed by atoms with Gasteiger partial charge in [0.05, 0.1) is 6.42 Å². The lowest BCUT2D eigenvalue weighted by molar-refractivity contribution is -0.159. The van der Waals surface area contributed by atoms with Crippen LogP contribution in [0.15, 0.2) is 42.5 Å². The predicted molar refractivity (Wildman–Crippen MR) is 110 cm³/mol. The molecule has 2 aromatic rings. The minimum absolute atomic E-state index is 0.0110. The van der Waals surface area contributed by atoms with E-state index in [2.05, 4.69) is 17.4 Å². The molecule has 1 aliphatic rings. The zero-order chi connectivity index (χ0) is 21.9. The Kier molecular flexibility index (Phi) is 6.10. The highest BCUT2D eigenvalue weighted by Gasteiger charge is 2.29. The summed E-state index contributed by atoms with van der Waals surface area (Å²) < 4.78 is 10.5. The molecular formula is C23H25NO6. The number of nitrogens with one attached hydrogen (secondary N) is 1. The molecule has 0 saturated carbocycles. The second-order valence-electron chi connectivity index (χ2n) is 8.18. The van der Waals surface area contributed by atoms with Crippen LogP contribution in [0.2, 0.25) is 0 Å². The number of rotatable bonds is 6. The van der Waals surface area contributed by atoms with Crippen molar-refractivity contribution < 1.29 is 29.0 Å². The minimum atomic E-state index is -1.33. The molecule has 0 aliphatic heterocycles. The van der Waals surface area contributed by atoms with Gasteiger partial charge in [-0.15, -0.1) is 0 Å². The normalized spacial score (nSPS) is 13.0. The third-order valence-electron chi connectivity index (χ3n) is 4.67. The summed E-state index contributed by atoms with van der Waals surface area (Å²) in [5.41, 5.74) is 4.66. The number of ether oxygens (including phenoxy) is 2. The Hall–Kier alpha value is -3.35. The van der Waals surface area contributed by atoms with Gasteiger partial charge in [-0.1, -0.05) is 42.5 Å².